The quantitative estimate of drug-likeness (QED) is 0.643. The van der Waals surface area contributed by atoms with Crippen molar-refractivity contribution in [3.8, 4) is 17.2 Å². The van der Waals surface area contributed by atoms with Crippen LogP contribution in [0.1, 0.15) is 10.4 Å². The smallest absolute Gasteiger partial charge is 0.257 e. The number of anilines is 3. The highest BCUT2D eigenvalue weighted by Gasteiger charge is 2.15. The van der Waals surface area contributed by atoms with Gasteiger partial charge >= 0.3 is 0 Å². The minimum Gasteiger partial charge on any atom is -0.493 e. The zero-order chi connectivity index (χ0) is 19.9. The third-order valence-corrected chi connectivity index (χ3v) is 3.99. The number of hydrogen-bond donors (Lipinski definition) is 2. The van der Waals surface area contributed by atoms with Crippen LogP contribution < -0.4 is 24.8 Å². The second kappa shape index (κ2) is 8.77. The molecule has 2 N–H and O–H groups in total. The number of nitrogens with zero attached hydrogens (tertiary/aromatic N) is 1. The molecule has 0 spiro atoms. The maximum Gasteiger partial charge on any atom is 0.257 e. The summed E-state index contributed by atoms with van der Waals surface area (Å²) >= 11 is 0. The summed E-state index contributed by atoms with van der Waals surface area (Å²) in [5, 5.41) is 6.04. The molecule has 7 heteroatoms. The van der Waals surface area contributed by atoms with Gasteiger partial charge in [0.1, 0.15) is 0 Å². The van der Waals surface area contributed by atoms with Crippen LogP contribution in [0.5, 0.6) is 17.2 Å². The molecule has 0 saturated heterocycles. The SMILES string of the molecule is COc1cc(NC(=O)c2cncc(Nc3ccccc3)c2)cc(OC)c1OC. The maximum absolute atomic E-state index is 12.7. The Balaban J connectivity index is 1.81. The second-order valence-electron chi connectivity index (χ2n) is 5.82. The molecule has 7 nitrogen and oxygen atoms in total. The summed E-state index contributed by atoms with van der Waals surface area (Å²) in [6, 6.07) is 14.7. The molecule has 144 valence electrons. The van der Waals surface area contributed by atoms with E-state index in [9.17, 15) is 4.79 Å². The molecule has 0 saturated carbocycles. The molecule has 0 aliphatic carbocycles. The van der Waals surface area contributed by atoms with Crippen LogP contribution in [0.4, 0.5) is 17.1 Å². The summed E-state index contributed by atoms with van der Waals surface area (Å²) in [7, 11) is 4.56. The second-order valence-corrected chi connectivity index (χ2v) is 5.82. The molecule has 0 atom stereocenters. The highest BCUT2D eigenvalue weighted by Crippen LogP contribution is 2.40. The molecule has 2 aromatic carbocycles. The van der Waals surface area contributed by atoms with Gasteiger partial charge in [0.25, 0.3) is 5.91 Å². The van der Waals surface area contributed by atoms with Crippen LogP contribution in [0.15, 0.2) is 60.9 Å². The number of pyridine rings is 1. The van der Waals surface area contributed by atoms with Crippen LogP contribution >= 0.6 is 0 Å². The Labute approximate surface area is 163 Å². The Hall–Kier alpha value is -3.74. The molecule has 0 bridgehead atoms. The molecule has 3 aromatic rings. The average Bonchev–Trinajstić information content (AvgIpc) is 2.73. The van der Waals surface area contributed by atoms with Crippen molar-refractivity contribution >= 4 is 23.0 Å². The van der Waals surface area contributed by atoms with Crippen LogP contribution in [0.2, 0.25) is 0 Å². The van der Waals surface area contributed by atoms with Crippen molar-refractivity contribution < 1.29 is 19.0 Å². The summed E-state index contributed by atoms with van der Waals surface area (Å²) < 4.78 is 15.9. The Morgan fingerprint density at radius 3 is 2.11 bits per heavy atom. The number of para-hydroxylation sites is 1. The van der Waals surface area contributed by atoms with E-state index < -0.39 is 0 Å². The lowest BCUT2D eigenvalue weighted by molar-refractivity contribution is 0.102. The standard InChI is InChI=1S/C21H21N3O4/c1-26-18-10-16(11-19(27-2)20(18)28-3)24-21(25)14-9-17(13-22-12-14)23-15-7-5-4-6-8-15/h4-13,23H,1-3H3,(H,24,25). The minimum absolute atomic E-state index is 0.307. The fourth-order valence-corrected chi connectivity index (χ4v) is 2.68. The minimum atomic E-state index is -0.307. The monoisotopic (exact) mass is 379 g/mol. The van der Waals surface area contributed by atoms with Crippen molar-refractivity contribution in [1.82, 2.24) is 4.98 Å². The molecular weight excluding hydrogens is 358 g/mol. The molecule has 0 unspecified atom stereocenters. The third-order valence-electron chi connectivity index (χ3n) is 3.99. The van der Waals surface area contributed by atoms with Gasteiger partial charge in [0, 0.05) is 29.7 Å². The lowest BCUT2D eigenvalue weighted by Gasteiger charge is -2.14. The van der Waals surface area contributed by atoms with Crippen LogP contribution in [-0.4, -0.2) is 32.2 Å². The topological polar surface area (TPSA) is 81.7 Å². The van der Waals surface area contributed by atoms with Crippen molar-refractivity contribution in [2.75, 3.05) is 32.0 Å². The van der Waals surface area contributed by atoms with Gasteiger partial charge in [0.05, 0.1) is 38.8 Å². The zero-order valence-electron chi connectivity index (χ0n) is 15.9. The predicted molar refractivity (Wildman–Crippen MR) is 108 cm³/mol. The summed E-state index contributed by atoms with van der Waals surface area (Å²) in [5.41, 5.74) is 2.55. The fourth-order valence-electron chi connectivity index (χ4n) is 2.68. The molecule has 0 aliphatic heterocycles. The largest absolute Gasteiger partial charge is 0.493 e. The van der Waals surface area contributed by atoms with Crippen molar-refractivity contribution in [3.63, 3.8) is 0 Å². The first kappa shape index (κ1) is 19.0. The van der Waals surface area contributed by atoms with Gasteiger partial charge in [-0.05, 0) is 18.2 Å². The van der Waals surface area contributed by atoms with Gasteiger partial charge in [0.2, 0.25) is 5.75 Å². The first-order valence-electron chi connectivity index (χ1n) is 8.53. The van der Waals surface area contributed by atoms with Crippen molar-refractivity contribution in [3.05, 3.63) is 66.5 Å². The lowest BCUT2D eigenvalue weighted by atomic mass is 10.2. The average molecular weight is 379 g/mol. The number of hydrogen-bond acceptors (Lipinski definition) is 6. The highest BCUT2D eigenvalue weighted by molar-refractivity contribution is 6.05. The molecular formula is C21H21N3O4. The normalized spacial score (nSPS) is 10.1. The van der Waals surface area contributed by atoms with E-state index >= 15 is 0 Å². The highest BCUT2D eigenvalue weighted by atomic mass is 16.5. The van der Waals surface area contributed by atoms with E-state index in [1.807, 2.05) is 30.3 Å². The van der Waals surface area contributed by atoms with E-state index in [-0.39, 0.29) is 5.91 Å². The number of benzene rings is 2. The van der Waals surface area contributed by atoms with E-state index in [0.717, 1.165) is 5.69 Å². The lowest BCUT2D eigenvalue weighted by Crippen LogP contribution is -2.13. The van der Waals surface area contributed by atoms with Crippen LogP contribution in [0.25, 0.3) is 0 Å². The van der Waals surface area contributed by atoms with Gasteiger partial charge in [0.15, 0.2) is 11.5 Å². The number of aromatic nitrogens is 1. The first-order chi connectivity index (χ1) is 13.6. The van der Waals surface area contributed by atoms with Gasteiger partial charge in [-0.15, -0.1) is 0 Å². The molecule has 1 heterocycles. The van der Waals surface area contributed by atoms with E-state index in [0.29, 0.717) is 34.2 Å². The van der Waals surface area contributed by atoms with Crippen molar-refractivity contribution in [2.24, 2.45) is 0 Å². The number of methoxy groups -OCH3 is 3. The van der Waals surface area contributed by atoms with E-state index in [2.05, 4.69) is 15.6 Å². The molecule has 1 amide bonds. The summed E-state index contributed by atoms with van der Waals surface area (Å²) in [4.78, 5) is 16.8. The molecule has 1 aromatic heterocycles. The maximum atomic E-state index is 12.7. The number of rotatable bonds is 7. The van der Waals surface area contributed by atoms with Gasteiger partial charge in [-0.25, -0.2) is 0 Å². The zero-order valence-corrected chi connectivity index (χ0v) is 15.9. The molecule has 0 radical (unpaired) electrons. The number of carbonyl (C=O) groups excluding carboxylic acids is 1. The number of nitrogens with one attached hydrogen (secondary N) is 2. The van der Waals surface area contributed by atoms with Gasteiger partial charge < -0.3 is 24.8 Å². The van der Waals surface area contributed by atoms with Gasteiger partial charge in [-0.2, -0.15) is 0 Å². The summed E-state index contributed by atoms with van der Waals surface area (Å²) in [5.74, 6) is 1.06. The molecule has 0 aliphatic rings. The first-order valence-corrected chi connectivity index (χ1v) is 8.53. The van der Waals surface area contributed by atoms with Crippen LogP contribution in [-0.2, 0) is 0 Å². The van der Waals surface area contributed by atoms with Crippen LogP contribution in [0, 0.1) is 0 Å². The number of carbonyl (C=O) groups is 1. The molecule has 0 fully saturated rings. The molecule has 3 rings (SSSR count). The Bertz CT molecular complexity index is 936. The van der Waals surface area contributed by atoms with E-state index in [1.165, 1.54) is 27.5 Å². The van der Waals surface area contributed by atoms with Gasteiger partial charge in [-0.3, -0.25) is 9.78 Å². The Kier molecular flexibility index (Phi) is 5.96. The number of ether oxygens (including phenoxy) is 3. The fraction of sp³-hybridized carbons (Fsp3) is 0.143. The third kappa shape index (κ3) is 4.32. The van der Waals surface area contributed by atoms with Gasteiger partial charge in [-0.1, -0.05) is 18.2 Å². The van der Waals surface area contributed by atoms with Crippen LogP contribution in [0.3, 0.4) is 0 Å². The Morgan fingerprint density at radius 1 is 0.821 bits per heavy atom. The summed E-state index contributed by atoms with van der Waals surface area (Å²) in [6.45, 7) is 0. The van der Waals surface area contributed by atoms with Crippen molar-refractivity contribution in [1.29, 1.82) is 0 Å². The van der Waals surface area contributed by atoms with E-state index in [4.69, 9.17) is 14.2 Å². The Morgan fingerprint density at radius 2 is 1.50 bits per heavy atom. The predicted octanol–water partition coefficient (Wildman–Crippen LogP) is 4.10. The van der Waals surface area contributed by atoms with E-state index in [1.54, 1.807) is 24.4 Å². The molecule has 28 heavy (non-hydrogen) atoms. The number of amides is 1. The van der Waals surface area contributed by atoms with Crippen molar-refractivity contribution in [2.45, 2.75) is 0 Å². The summed E-state index contributed by atoms with van der Waals surface area (Å²) in [6.07, 6.45) is 3.16.